The van der Waals surface area contributed by atoms with Gasteiger partial charge in [-0.25, -0.2) is 9.07 Å². The van der Waals surface area contributed by atoms with E-state index in [-0.39, 0.29) is 11.9 Å². The summed E-state index contributed by atoms with van der Waals surface area (Å²) in [6.45, 7) is 0. The summed E-state index contributed by atoms with van der Waals surface area (Å²) in [6, 6.07) is 14.0. The summed E-state index contributed by atoms with van der Waals surface area (Å²) >= 11 is 0. The molecule has 1 N–H and O–H groups in total. The minimum Gasteiger partial charge on any atom is -0.497 e. The molecule has 0 amide bonds. The smallest absolute Gasteiger partial charge is 0.226 e. The van der Waals surface area contributed by atoms with E-state index in [4.69, 9.17) is 4.74 Å². The molecule has 1 aliphatic heterocycles. The van der Waals surface area contributed by atoms with Crippen LogP contribution in [-0.4, -0.2) is 21.9 Å². The minimum absolute atomic E-state index is 0.225. The highest BCUT2D eigenvalue weighted by Gasteiger charge is 2.23. The van der Waals surface area contributed by atoms with Crippen LogP contribution >= 0.6 is 0 Å². The average Bonchev–Trinajstić information content (AvgIpc) is 3.09. The van der Waals surface area contributed by atoms with E-state index in [1.807, 2.05) is 36.4 Å². The van der Waals surface area contributed by atoms with Gasteiger partial charge in [0.05, 0.1) is 7.11 Å². The molecular weight excluding hydrogens is 307 g/mol. The van der Waals surface area contributed by atoms with Crippen LogP contribution in [0.5, 0.6) is 5.75 Å². The molecule has 120 valence electrons. The number of nitrogens with zero attached hydrogens (tertiary/aromatic N) is 3. The first-order valence-corrected chi connectivity index (χ1v) is 7.53. The highest BCUT2D eigenvalue weighted by atomic mass is 19.1. The number of methoxy groups -OCH3 is 1. The van der Waals surface area contributed by atoms with Crippen molar-refractivity contribution in [3.8, 4) is 5.75 Å². The number of fused-ring (bicyclic) bond motifs is 1. The van der Waals surface area contributed by atoms with Crippen molar-refractivity contribution in [1.29, 1.82) is 0 Å². The van der Waals surface area contributed by atoms with Gasteiger partial charge >= 0.3 is 0 Å². The molecule has 1 atom stereocenters. The summed E-state index contributed by atoms with van der Waals surface area (Å²) in [7, 11) is 1.63. The lowest BCUT2D eigenvalue weighted by Crippen LogP contribution is -2.20. The van der Waals surface area contributed by atoms with E-state index >= 15 is 0 Å². The van der Waals surface area contributed by atoms with Crippen molar-refractivity contribution in [1.82, 2.24) is 14.8 Å². The van der Waals surface area contributed by atoms with Crippen LogP contribution in [0.15, 0.2) is 60.9 Å². The van der Waals surface area contributed by atoms with E-state index in [0.29, 0.717) is 5.95 Å². The first-order valence-electron chi connectivity index (χ1n) is 7.53. The number of hydrogen-bond acceptors (Lipinski definition) is 4. The van der Waals surface area contributed by atoms with Gasteiger partial charge in [-0.3, -0.25) is 0 Å². The van der Waals surface area contributed by atoms with Crippen molar-refractivity contribution in [3.05, 3.63) is 77.9 Å². The van der Waals surface area contributed by atoms with Crippen LogP contribution < -0.4 is 10.1 Å². The maximum Gasteiger partial charge on any atom is 0.226 e. The third-order valence-corrected chi connectivity index (χ3v) is 4.00. The van der Waals surface area contributed by atoms with E-state index in [0.717, 1.165) is 22.6 Å². The predicted molar refractivity (Wildman–Crippen MR) is 89.2 cm³/mol. The molecule has 1 aromatic heterocycles. The van der Waals surface area contributed by atoms with Crippen molar-refractivity contribution in [3.63, 3.8) is 0 Å². The van der Waals surface area contributed by atoms with Gasteiger partial charge < -0.3 is 10.1 Å². The lowest BCUT2D eigenvalue weighted by atomic mass is 10.0. The maximum atomic E-state index is 13.6. The van der Waals surface area contributed by atoms with Gasteiger partial charge in [-0.2, -0.15) is 10.1 Å². The highest BCUT2D eigenvalue weighted by molar-refractivity contribution is 5.77. The monoisotopic (exact) mass is 322 g/mol. The van der Waals surface area contributed by atoms with Crippen molar-refractivity contribution in [2.24, 2.45) is 0 Å². The molecule has 0 unspecified atom stereocenters. The number of halogens is 1. The summed E-state index contributed by atoms with van der Waals surface area (Å²) in [4.78, 5) is 4.25. The molecule has 4 rings (SSSR count). The van der Waals surface area contributed by atoms with E-state index in [9.17, 15) is 4.39 Å². The number of allylic oxidation sites excluding steroid dienone is 1. The molecule has 0 saturated carbocycles. The van der Waals surface area contributed by atoms with Gasteiger partial charge in [-0.05, 0) is 53.6 Å². The molecule has 0 bridgehead atoms. The Kier molecular flexibility index (Phi) is 3.49. The predicted octanol–water partition coefficient (Wildman–Crippen LogP) is 3.48. The Bertz CT molecular complexity index is 901. The van der Waals surface area contributed by atoms with E-state index in [1.165, 1.54) is 18.5 Å². The maximum absolute atomic E-state index is 13.6. The average molecular weight is 322 g/mol. The van der Waals surface area contributed by atoms with Gasteiger partial charge in [0.25, 0.3) is 0 Å². The fourth-order valence-corrected chi connectivity index (χ4v) is 2.80. The largest absolute Gasteiger partial charge is 0.497 e. The van der Waals surface area contributed by atoms with E-state index < -0.39 is 0 Å². The molecule has 0 aliphatic carbocycles. The Morgan fingerprint density at radius 1 is 1.17 bits per heavy atom. The molecule has 24 heavy (non-hydrogen) atoms. The standard InChI is InChI=1S/C18H15FN4O/c1-24-15-7-5-12(6-8-15)16-10-17(13-3-2-4-14(19)9-13)23-18(22-16)20-11-21-23/h2-11,17H,1H3,(H,20,21,22)/t17-/m1/s1. The van der Waals surface area contributed by atoms with Crippen LogP contribution in [-0.2, 0) is 0 Å². The SMILES string of the molecule is COc1ccc(C2=C[C@H](c3cccc(F)c3)n3ncnc3N2)cc1. The van der Waals surface area contributed by atoms with Crippen molar-refractivity contribution < 1.29 is 9.13 Å². The molecule has 6 heteroatoms. The van der Waals surface area contributed by atoms with Gasteiger partial charge in [-0.1, -0.05) is 12.1 Å². The Balaban J connectivity index is 1.78. The molecule has 0 spiro atoms. The third kappa shape index (κ3) is 2.52. The number of aromatic nitrogens is 3. The number of nitrogens with one attached hydrogen (secondary N) is 1. The first-order chi connectivity index (χ1) is 11.7. The van der Waals surface area contributed by atoms with Crippen LogP contribution in [0.3, 0.4) is 0 Å². The summed E-state index contributed by atoms with van der Waals surface area (Å²) in [6.07, 6.45) is 3.50. The van der Waals surface area contributed by atoms with Gasteiger partial charge in [0.15, 0.2) is 0 Å². The Hall–Kier alpha value is -3.15. The van der Waals surface area contributed by atoms with Crippen molar-refractivity contribution >= 4 is 11.6 Å². The highest BCUT2D eigenvalue weighted by Crippen LogP contribution is 2.32. The van der Waals surface area contributed by atoms with Crippen LogP contribution in [0.25, 0.3) is 5.70 Å². The van der Waals surface area contributed by atoms with Gasteiger partial charge in [0.1, 0.15) is 23.9 Å². The molecule has 1 aliphatic rings. The van der Waals surface area contributed by atoms with Crippen LogP contribution in [0.2, 0.25) is 0 Å². The van der Waals surface area contributed by atoms with Crippen LogP contribution in [0, 0.1) is 5.82 Å². The van der Waals surface area contributed by atoms with E-state index in [2.05, 4.69) is 15.4 Å². The van der Waals surface area contributed by atoms with Gasteiger partial charge in [0.2, 0.25) is 5.95 Å². The van der Waals surface area contributed by atoms with Gasteiger partial charge in [-0.15, -0.1) is 0 Å². The fourth-order valence-electron chi connectivity index (χ4n) is 2.80. The minimum atomic E-state index is -0.271. The zero-order chi connectivity index (χ0) is 16.5. The molecule has 0 saturated heterocycles. The molecule has 3 aromatic rings. The summed E-state index contributed by atoms with van der Waals surface area (Å²) in [5.41, 5.74) is 2.70. The molecular formula is C18H15FN4O. The van der Waals surface area contributed by atoms with Crippen molar-refractivity contribution in [2.75, 3.05) is 12.4 Å². The Morgan fingerprint density at radius 3 is 2.75 bits per heavy atom. The second-order valence-corrected chi connectivity index (χ2v) is 5.46. The molecule has 0 radical (unpaired) electrons. The summed E-state index contributed by atoms with van der Waals surface area (Å²) in [5, 5.41) is 7.52. The number of ether oxygens (including phenoxy) is 1. The second-order valence-electron chi connectivity index (χ2n) is 5.46. The molecule has 0 fully saturated rings. The second kappa shape index (κ2) is 5.81. The summed E-state index contributed by atoms with van der Waals surface area (Å²) in [5.74, 6) is 1.14. The first kappa shape index (κ1) is 14.4. The normalized spacial score (nSPS) is 16.1. The van der Waals surface area contributed by atoms with Gasteiger partial charge in [0, 0.05) is 5.70 Å². The van der Waals surface area contributed by atoms with Crippen LogP contribution in [0.4, 0.5) is 10.3 Å². The number of hydrogen-bond donors (Lipinski definition) is 1. The molecule has 2 heterocycles. The number of benzene rings is 2. The number of anilines is 1. The lowest BCUT2D eigenvalue weighted by Gasteiger charge is -2.24. The lowest BCUT2D eigenvalue weighted by molar-refractivity contribution is 0.415. The van der Waals surface area contributed by atoms with E-state index in [1.54, 1.807) is 17.9 Å². The zero-order valence-electron chi connectivity index (χ0n) is 13.0. The topological polar surface area (TPSA) is 52.0 Å². The Labute approximate surface area is 138 Å². The third-order valence-electron chi connectivity index (χ3n) is 4.00. The van der Waals surface area contributed by atoms with Crippen LogP contribution in [0.1, 0.15) is 17.2 Å². The quantitative estimate of drug-likeness (QED) is 0.802. The van der Waals surface area contributed by atoms with Crippen molar-refractivity contribution in [2.45, 2.75) is 6.04 Å². The Morgan fingerprint density at radius 2 is 2.00 bits per heavy atom. The number of rotatable bonds is 3. The molecule has 2 aromatic carbocycles. The summed E-state index contributed by atoms with van der Waals surface area (Å²) < 4.78 is 20.6. The fraction of sp³-hybridized carbons (Fsp3) is 0.111. The molecule has 5 nitrogen and oxygen atoms in total. The zero-order valence-corrected chi connectivity index (χ0v) is 13.0.